The van der Waals surface area contributed by atoms with E-state index in [1.54, 1.807) is 12.1 Å². The molecular formula is C25H23BrClN3O2. The maximum atomic E-state index is 12.8. The molecule has 2 amide bonds. The number of para-hydroxylation sites is 1. The van der Waals surface area contributed by atoms with Crippen molar-refractivity contribution in [3.8, 4) is 0 Å². The van der Waals surface area contributed by atoms with Crippen molar-refractivity contribution in [3.05, 3.63) is 92.9 Å². The third-order valence-corrected chi connectivity index (χ3v) is 6.30. The van der Waals surface area contributed by atoms with Crippen LogP contribution >= 0.6 is 27.5 Å². The number of rotatable bonds is 4. The highest BCUT2D eigenvalue weighted by Gasteiger charge is 2.25. The first-order valence-electron chi connectivity index (χ1n) is 10.4. The predicted molar refractivity (Wildman–Crippen MR) is 133 cm³/mol. The highest BCUT2D eigenvalue weighted by Crippen LogP contribution is 2.35. The van der Waals surface area contributed by atoms with Crippen molar-refractivity contribution in [2.24, 2.45) is 0 Å². The second-order valence-corrected chi connectivity index (χ2v) is 9.07. The Balaban J connectivity index is 1.48. The Morgan fingerprint density at radius 2 is 1.59 bits per heavy atom. The van der Waals surface area contributed by atoms with Crippen molar-refractivity contribution in [1.29, 1.82) is 0 Å². The van der Waals surface area contributed by atoms with Crippen LogP contribution in [0.5, 0.6) is 0 Å². The van der Waals surface area contributed by atoms with Crippen molar-refractivity contribution >= 4 is 50.7 Å². The molecule has 0 bridgehead atoms. The zero-order valence-electron chi connectivity index (χ0n) is 17.6. The standard InChI is InChI=1S/C25H23BrClN3O2/c1-17-8-10-18(11-9-17)25(32)30-14-12-29(13-15-30)23-21(27)6-3-7-22(23)28-24(31)19-4-2-5-20(26)16-19/h2-11,16H,12-15H2,1H3,(H,28,31). The van der Waals surface area contributed by atoms with Crippen LogP contribution in [0, 0.1) is 6.92 Å². The van der Waals surface area contributed by atoms with Crippen LogP contribution in [0.3, 0.4) is 0 Å². The highest BCUT2D eigenvalue weighted by atomic mass is 79.9. The number of anilines is 2. The minimum Gasteiger partial charge on any atom is -0.365 e. The van der Waals surface area contributed by atoms with Crippen LogP contribution < -0.4 is 10.2 Å². The Labute approximate surface area is 201 Å². The zero-order valence-corrected chi connectivity index (χ0v) is 20.0. The van der Waals surface area contributed by atoms with Crippen LogP contribution in [-0.2, 0) is 0 Å². The Kier molecular flexibility index (Phi) is 6.82. The fourth-order valence-corrected chi connectivity index (χ4v) is 4.47. The first kappa shape index (κ1) is 22.4. The fraction of sp³-hybridized carbons (Fsp3) is 0.200. The summed E-state index contributed by atoms with van der Waals surface area (Å²) in [5, 5.41) is 3.56. The lowest BCUT2D eigenvalue weighted by Crippen LogP contribution is -2.49. The number of carbonyl (C=O) groups excluding carboxylic acids is 2. The normalized spacial score (nSPS) is 13.7. The lowest BCUT2D eigenvalue weighted by atomic mass is 10.1. The molecule has 1 fully saturated rings. The molecule has 32 heavy (non-hydrogen) atoms. The van der Waals surface area contributed by atoms with Gasteiger partial charge in [-0.2, -0.15) is 0 Å². The van der Waals surface area contributed by atoms with E-state index in [0.717, 1.165) is 15.7 Å². The van der Waals surface area contributed by atoms with E-state index in [2.05, 4.69) is 26.1 Å². The summed E-state index contributed by atoms with van der Waals surface area (Å²) < 4.78 is 0.839. The van der Waals surface area contributed by atoms with Gasteiger partial charge in [-0.3, -0.25) is 9.59 Å². The van der Waals surface area contributed by atoms with Crippen LogP contribution in [0.2, 0.25) is 5.02 Å². The second-order valence-electron chi connectivity index (χ2n) is 7.75. The predicted octanol–water partition coefficient (Wildman–Crippen LogP) is 5.63. The molecule has 164 valence electrons. The van der Waals surface area contributed by atoms with Gasteiger partial charge in [0.1, 0.15) is 0 Å². The number of carbonyl (C=O) groups is 2. The monoisotopic (exact) mass is 511 g/mol. The van der Waals surface area contributed by atoms with Gasteiger partial charge in [0, 0.05) is 41.8 Å². The van der Waals surface area contributed by atoms with Crippen molar-refractivity contribution in [2.75, 3.05) is 36.4 Å². The summed E-state index contributed by atoms with van der Waals surface area (Å²) in [6.07, 6.45) is 0. The highest BCUT2D eigenvalue weighted by molar-refractivity contribution is 9.10. The van der Waals surface area contributed by atoms with Crippen molar-refractivity contribution in [3.63, 3.8) is 0 Å². The molecular weight excluding hydrogens is 490 g/mol. The number of amides is 2. The molecule has 4 rings (SSSR count). The van der Waals surface area contributed by atoms with Gasteiger partial charge in [-0.25, -0.2) is 0 Å². The van der Waals surface area contributed by atoms with Gasteiger partial charge in [-0.15, -0.1) is 0 Å². The molecule has 3 aromatic carbocycles. The average Bonchev–Trinajstić information content (AvgIpc) is 2.79. The van der Waals surface area contributed by atoms with E-state index < -0.39 is 0 Å². The molecule has 0 atom stereocenters. The van der Waals surface area contributed by atoms with Gasteiger partial charge in [-0.1, -0.05) is 57.4 Å². The van der Waals surface area contributed by atoms with Gasteiger partial charge < -0.3 is 15.1 Å². The summed E-state index contributed by atoms with van der Waals surface area (Å²) in [5.41, 5.74) is 3.81. The molecule has 1 heterocycles. The summed E-state index contributed by atoms with van der Waals surface area (Å²) in [5.74, 6) is -0.171. The van der Waals surface area contributed by atoms with Gasteiger partial charge >= 0.3 is 0 Å². The summed E-state index contributed by atoms with van der Waals surface area (Å²) in [4.78, 5) is 29.6. The van der Waals surface area contributed by atoms with Gasteiger partial charge in [0.05, 0.1) is 16.4 Å². The first-order valence-corrected chi connectivity index (χ1v) is 11.6. The third-order valence-electron chi connectivity index (χ3n) is 5.50. The second kappa shape index (κ2) is 9.76. The van der Waals surface area contributed by atoms with Crippen LogP contribution in [0.25, 0.3) is 0 Å². The van der Waals surface area contributed by atoms with Crippen LogP contribution in [-0.4, -0.2) is 42.9 Å². The van der Waals surface area contributed by atoms with E-state index in [4.69, 9.17) is 11.6 Å². The topological polar surface area (TPSA) is 52.7 Å². The van der Waals surface area contributed by atoms with E-state index in [1.807, 2.05) is 66.4 Å². The maximum absolute atomic E-state index is 12.8. The molecule has 0 saturated carbocycles. The molecule has 1 aliphatic rings. The average molecular weight is 513 g/mol. The Morgan fingerprint density at radius 1 is 0.906 bits per heavy atom. The van der Waals surface area contributed by atoms with Gasteiger partial charge in [-0.05, 0) is 49.4 Å². The molecule has 0 unspecified atom stereocenters. The number of piperazine rings is 1. The van der Waals surface area contributed by atoms with Crippen LogP contribution in [0.4, 0.5) is 11.4 Å². The largest absolute Gasteiger partial charge is 0.365 e. The van der Waals surface area contributed by atoms with E-state index in [-0.39, 0.29) is 11.8 Å². The number of hydrogen-bond donors (Lipinski definition) is 1. The minimum absolute atomic E-state index is 0.0342. The molecule has 1 N–H and O–H groups in total. The van der Waals surface area contributed by atoms with Gasteiger partial charge in [0.25, 0.3) is 11.8 Å². The Hall–Kier alpha value is -2.83. The molecule has 0 radical (unpaired) electrons. The molecule has 7 heteroatoms. The number of nitrogens with zero attached hydrogens (tertiary/aromatic N) is 2. The SMILES string of the molecule is Cc1ccc(C(=O)N2CCN(c3c(Cl)cccc3NC(=O)c3cccc(Br)c3)CC2)cc1. The molecule has 5 nitrogen and oxygen atoms in total. The fourth-order valence-electron chi connectivity index (χ4n) is 3.77. The molecule has 0 spiro atoms. The number of hydrogen-bond acceptors (Lipinski definition) is 3. The molecule has 1 saturated heterocycles. The lowest BCUT2D eigenvalue weighted by molar-refractivity contribution is 0.0746. The van der Waals surface area contributed by atoms with Crippen molar-refractivity contribution in [2.45, 2.75) is 6.92 Å². The van der Waals surface area contributed by atoms with Gasteiger partial charge in [0.2, 0.25) is 0 Å². The summed E-state index contributed by atoms with van der Waals surface area (Å²) in [6.45, 7) is 4.42. The summed E-state index contributed by atoms with van der Waals surface area (Å²) in [6, 6.07) is 20.4. The number of nitrogens with one attached hydrogen (secondary N) is 1. The molecule has 0 aliphatic carbocycles. The number of benzene rings is 3. The minimum atomic E-state index is -0.206. The van der Waals surface area contributed by atoms with Crippen molar-refractivity contribution in [1.82, 2.24) is 4.90 Å². The van der Waals surface area contributed by atoms with E-state index in [1.165, 1.54) is 0 Å². The van der Waals surface area contributed by atoms with E-state index >= 15 is 0 Å². The molecule has 3 aromatic rings. The number of aryl methyl sites for hydroxylation is 1. The molecule has 1 aliphatic heterocycles. The van der Waals surface area contributed by atoms with Crippen LogP contribution in [0.15, 0.2) is 71.2 Å². The van der Waals surface area contributed by atoms with E-state index in [9.17, 15) is 9.59 Å². The van der Waals surface area contributed by atoms with Crippen LogP contribution in [0.1, 0.15) is 26.3 Å². The van der Waals surface area contributed by atoms with Gasteiger partial charge in [0.15, 0.2) is 0 Å². The number of halogens is 2. The Bertz CT molecular complexity index is 1140. The lowest BCUT2D eigenvalue weighted by Gasteiger charge is -2.37. The summed E-state index contributed by atoms with van der Waals surface area (Å²) in [7, 11) is 0. The Morgan fingerprint density at radius 3 is 2.28 bits per heavy atom. The maximum Gasteiger partial charge on any atom is 0.255 e. The molecule has 0 aromatic heterocycles. The smallest absolute Gasteiger partial charge is 0.255 e. The zero-order chi connectivity index (χ0) is 22.7. The third kappa shape index (κ3) is 4.97. The summed E-state index contributed by atoms with van der Waals surface area (Å²) >= 11 is 9.95. The van der Waals surface area contributed by atoms with E-state index in [0.29, 0.717) is 48.0 Å². The quantitative estimate of drug-likeness (QED) is 0.493. The van der Waals surface area contributed by atoms with Crippen molar-refractivity contribution < 1.29 is 9.59 Å². The first-order chi connectivity index (χ1) is 15.4.